The lowest BCUT2D eigenvalue weighted by atomic mass is 10.2. The Morgan fingerprint density at radius 2 is 2.17 bits per heavy atom. The summed E-state index contributed by atoms with van der Waals surface area (Å²) in [5, 5.41) is 10.9. The summed E-state index contributed by atoms with van der Waals surface area (Å²) in [5.41, 5.74) is 5.75. The van der Waals surface area contributed by atoms with Gasteiger partial charge in [0.2, 0.25) is 5.91 Å². The van der Waals surface area contributed by atoms with Crippen LogP contribution in [0, 0.1) is 17.0 Å². The third-order valence-electron chi connectivity index (χ3n) is 2.98. The van der Waals surface area contributed by atoms with Crippen molar-refractivity contribution in [1.29, 1.82) is 0 Å². The summed E-state index contributed by atoms with van der Waals surface area (Å²) in [7, 11) is 1.20. The summed E-state index contributed by atoms with van der Waals surface area (Å²) in [6.07, 6.45) is 0.0914. The standard InChI is InChI=1S/C14H13N3O5S2/c1-7-11(6-12(15)18)24-14(16-7)23-10-4-3-8(17(20)21)5-9(10)13(19)22-2/h3-5H,6H2,1-2H3,(H2,15,18). The fraction of sp³-hybridized carbons (Fsp3) is 0.214. The van der Waals surface area contributed by atoms with Crippen LogP contribution in [0.25, 0.3) is 0 Å². The number of nitrogens with zero attached hydrogens (tertiary/aromatic N) is 2. The average Bonchev–Trinajstić information content (AvgIpc) is 2.85. The maximum absolute atomic E-state index is 11.9. The van der Waals surface area contributed by atoms with E-state index in [2.05, 4.69) is 9.72 Å². The summed E-state index contributed by atoms with van der Waals surface area (Å²) >= 11 is 2.46. The summed E-state index contributed by atoms with van der Waals surface area (Å²) in [5.74, 6) is -1.13. The molecule has 10 heteroatoms. The molecule has 2 aromatic rings. The highest BCUT2D eigenvalue weighted by Gasteiger charge is 2.20. The molecule has 0 fully saturated rings. The van der Waals surface area contributed by atoms with Crippen molar-refractivity contribution in [2.75, 3.05) is 7.11 Å². The molecule has 1 heterocycles. The number of methoxy groups -OCH3 is 1. The highest BCUT2D eigenvalue weighted by molar-refractivity contribution is 8.01. The second kappa shape index (κ2) is 7.41. The van der Waals surface area contributed by atoms with Crippen LogP contribution in [0.15, 0.2) is 27.4 Å². The number of thiazole rings is 1. The lowest BCUT2D eigenvalue weighted by molar-refractivity contribution is -0.384. The van der Waals surface area contributed by atoms with Gasteiger partial charge in [-0.15, -0.1) is 11.3 Å². The van der Waals surface area contributed by atoms with Crippen molar-refractivity contribution in [2.24, 2.45) is 5.73 Å². The summed E-state index contributed by atoms with van der Waals surface area (Å²) in [4.78, 5) is 38.8. The first-order valence-electron chi connectivity index (χ1n) is 6.61. The topological polar surface area (TPSA) is 125 Å². The fourth-order valence-corrected chi connectivity index (χ4v) is 4.15. The number of rotatable bonds is 6. The van der Waals surface area contributed by atoms with Gasteiger partial charge in [0.1, 0.15) is 0 Å². The second-order valence-electron chi connectivity index (χ2n) is 4.66. The molecule has 2 rings (SSSR count). The van der Waals surface area contributed by atoms with Crippen molar-refractivity contribution >= 4 is 40.7 Å². The van der Waals surface area contributed by atoms with Gasteiger partial charge >= 0.3 is 5.97 Å². The van der Waals surface area contributed by atoms with Crippen molar-refractivity contribution in [1.82, 2.24) is 4.98 Å². The van der Waals surface area contributed by atoms with Gasteiger partial charge in [-0.3, -0.25) is 14.9 Å². The lowest BCUT2D eigenvalue weighted by Crippen LogP contribution is -2.13. The molecule has 0 radical (unpaired) electrons. The van der Waals surface area contributed by atoms with E-state index in [1.807, 2.05) is 0 Å². The number of nitrogens with two attached hydrogens (primary N) is 1. The van der Waals surface area contributed by atoms with Gasteiger partial charge in [0.05, 0.1) is 29.7 Å². The smallest absolute Gasteiger partial charge is 0.339 e. The van der Waals surface area contributed by atoms with Gasteiger partial charge in [-0.1, -0.05) is 11.8 Å². The number of benzene rings is 1. The van der Waals surface area contributed by atoms with E-state index < -0.39 is 16.8 Å². The van der Waals surface area contributed by atoms with E-state index in [-0.39, 0.29) is 17.7 Å². The number of ether oxygens (including phenoxy) is 1. The molecule has 1 aromatic heterocycles. The second-order valence-corrected chi connectivity index (χ2v) is 7.04. The third-order valence-corrected chi connectivity index (χ3v) is 5.28. The number of nitro benzene ring substituents is 1. The zero-order valence-corrected chi connectivity index (χ0v) is 14.4. The maximum atomic E-state index is 11.9. The zero-order chi connectivity index (χ0) is 17.9. The van der Waals surface area contributed by atoms with E-state index in [4.69, 9.17) is 5.73 Å². The van der Waals surface area contributed by atoms with Gasteiger partial charge in [-0.05, 0) is 13.0 Å². The van der Waals surface area contributed by atoms with Crippen LogP contribution in [0.5, 0.6) is 0 Å². The SMILES string of the molecule is COC(=O)c1cc([N+](=O)[O-])ccc1Sc1nc(C)c(CC(N)=O)s1. The number of hydrogen-bond acceptors (Lipinski definition) is 8. The summed E-state index contributed by atoms with van der Waals surface area (Å²) < 4.78 is 5.28. The van der Waals surface area contributed by atoms with E-state index in [1.54, 1.807) is 6.92 Å². The Labute approximate surface area is 145 Å². The molecule has 0 bridgehead atoms. The average molecular weight is 367 g/mol. The number of carbonyl (C=O) groups is 2. The van der Waals surface area contributed by atoms with Crippen LogP contribution in [-0.4, -0.2) is 28.9 Å². The minimum atomic E-state index is -0.674. The number of aryl methyl sites for hydroxylation is 1. The van der Waals surface area contributed by atoms with Crippen LogP contribution in [0.3, 0.4) is 0 Å². The van der Waals surface area contributed by atoms with Crippen molar-refractivity contribution in [3.05, 3.63) is 44.4 Å². The van der Waals surface area contributed by atoms with Crippen LogP contribution in [0.1, 0.15) is 20.9 Å². The van der Waals surface area contributed by atoms with E-state index >= 15 is 0 Å². The van der Waals surface area contributed by atoms with Gasteiger partial charge in [0.25, 0.3) is 5.69 Å². The fourth-order valence-electron chi connectivity index (χ4n) is 1.85. The van der Waals surface area contributed by atoms with Crippen LogP contribution in [0.2, 0.25) is 0 Å². The van der Waals surface area contributed by atoms with E-state index in [1.165, 1.54) is 48.4 Å². The first-order valence-corrected chi connectivity index (χ1v) is 8.24. The van der Waals surface area contributed by atoms with E-state index in [0.717, 1.165) is 4.88 Å². The maximum Gasteiger partial charge on any atom is 0.339 e. The highest BCUT2D eigenvalue weighted by Crippen LogP contribution is 2.36. The molecule has 0 atom stereocenters. The Morgan fingerprint density at radius 3 is 2.75 bits per heavy atom. The van der Waals surface area contributed by atoms with Crippen LogP contribution < -0.4 is 5.73 Å². The molecule has 8 nitrogen and oxygen atoms in total. The van der Waals surface area contributed by atoms with Gasteiger partial charge in [-0.25, -0.2) is 9.78 Å². The van der Waals surface area contributed by atoms with Gasteiger partial charge in [-0.2, -0.15) is 0 Å². The van der Waals surface area contributed by atoms with Gasteiger partial charge < -0.3 is 10.5 Å². The molecule has 0 saturated carbocycles. The predicted octanol–water partition coefficient (Wildman–Crippen LogP) is 2.33. The lowest BCUT2D eigenvalue weighted by Gasteiger charge is -2.05. The van der Waals surface area contributed by atoms with Crippen molar-refractivity contribution in [2.45, 2.75) is 22.6 Å². The molecule has 0 aliphatic carbocycles. The van der Waals surface area contributed by atoms with Crippen LogP contribution in [-0.2, 0) is 16.0 Å². The molecule has 0 saturated heterocycles. The number of esters is 1. The largest absolute Gasteiger partial charge is 0.465 e. The molecule has 126 valence electrons. The Morgan fingerprint density at radius 1 is 1.46 bits per heavy atom. The monoisotopic (exact) mass is 367 g/mol. The zero-order valence-electron chi connectivity index (χ0n) is 12.8. The van der Waals surface area contributed by atoms with Crippen LogP contribution in [0.4, 0.5) is 5.69 Å². The Bertz CT molecular complexity index is 819. The Hall–Kier alpha value is -2.46. The first kappa shape index (κ1) is 17.9. The minimum Gasteiger partial charge on any atom is -0.465 e. The van der Waals surface area contributed by atoms with Crippen molar-refractivity contribution < 1.29 is 19.2 Å². The molecule has 24 heavy (non-hydrogen) atoms. The molecule has 1 aromatic carbocycles. The Balaban J connectivity index is 2.37. The molecule has 1 amide bonds. The number of hydrogen-bond donors (Lipinski definition) is 1. The molecule has 0 aliphatic heterocycles. The number of primary amides is 1. The summed E-state index contributed by atoms with van der Waals surface area (Å²) in [6.45, 7) is 1.76. The van der Waals surface area contributed by atoms with Gasteiger partial charge in [0.15, 0.2) is 4.34 Å². The van der Waals surface area contributed by atoms with Crippen LogP contribution >= 0.6 is 23.1 Å². The minimum absolute atomic E-state index is 0.0843. The molecular weight excluding hydrogens is 354 g/mol. The first-order chi connectivity index (χ1) is 11.3. The van der Waals surface area contributed by atoms with E-state index in [9.17, 15) is 19.7 Å². The third kappa shape index (κ3) is 4.09. The van der Waals surface area contributed by atoms with E-state index in [0.29, 0.717) is 14.9 Å². The number of amides is 1. The Kier molecular flexibility index (Phi) is 5.52. The molecular formula is C14H13N3O5S2. The number of non-ortho nitro benzene ring substituents is 1. The predicted molar refractivity (Wildman–Crippen MR) is 88.3 cm³/mol. The number of carbonyl (C=O) groups excluding carboxylic acids is 2. The normalized spacial score (nSPS) is 10.4. The molecule has 0 unspecified atom stereocenters. The molecule has 0 aliphatic rings. The quantitative estimate of drug-likeness (QED) is 0.472. The highest BCUT2D eigenvalue weighted by atomic mass is 32.2. The summed E-state index contributed by atoms with van der Waals surface area (Å²) in [6, 6.07) is 3.94. The molecule has 0 spiro atoms. The number of aromatic nitrogens is 1. The van der Waals surface area contributed by atoms with Crippen molar-refractivity contribution in [3.8, 4) is 0 Å². The number of nitro groups is 1. The van der Waals surface area contributed by atoms with Gasteiger partial charge in [0, 0.05) is 21.9 Å². The van der Waals surface area contributed by atoms with Crippen molar-refractivity contribution in [3.63, 3.8) is 0 Å². The molecule has 2 N–H and O–H groups in total.